The first-order valence-corrected chi connectivity index (χ1v) is 10.7. The Morgan fingerprint density at radius 1 is 1.00 bits per heavy atom. The number of carbonyl (C=O) groups excluding carboxylic acids is 1. The van der Waals surface area contributed by atoms with E-state index in [1.807, 2.05) is 35.4 Å². The van der Waals surface area contributed by atoms with Crippen LogP contribution in [0.4, 0.5) is 0 Å². The van der Waals surface area contributed by atoms with Crippen molar-refractivity contribution in [2.75, 3.05) is 13.1 Å². The lowest BCUT2D eigenvalue weighted by molar-refractivity contribution is 0.0752. The van der Waals surface area contributed by atoms with Gasteiger partial charge in [-0.15, -0.1) is 0 Å². The van der Waals surface area contributed by atoms with E-state index in [0.29, 0.717) is 12.1 Å². The maximum atomic E-state index is 13.1. The molecule has 5 heteroatoms. The predicted molar refractivity (Wildman–Crippen MR) is 118 cm³/mol. The number of amides is 1. The number of carbonyl (C=O) groups is 1. The van der Waals surface area contributed by atoms with Gasteiger partial charge in [-0.3, -0.25) is 14.8 Å². The molecule has 30 heavy (non-hydrogen) atoms. The molecule has 3 aromatic rings. The van der Waals surface area contributed by atoms with Crippen LogP contribution in [0, 0.1) is 0 Å². The highest BCUT2D eigenvalue weighted by Crippen LogP contribution is 2.38. The number of hydrogen-bond donors (Lipinski definition) is 0. The minimum Gasteiger partial charge on any atom is -0.335 e. The number of aryl methyl sites for hydroxylation is 2. The van der Waals surface area contributed by atoms with Crippen LogP contribution in [0.2, 0.25) is 5.02 Å². The quantitative estimate of drug-likeness (QED) is 0.563. The van der Waals surface area contributed by atoms with Crippen molar-refractivity contribution in [3.05, 3.63) is 99.6 Å². The summed E-state index contributed by atoms with van der Waals surface area (Å²) in [6.45, 7) is 1.37. The van der Waals surface area contributed by atoms with Crippen LogP contribution < -0.4 is 0 Å². The monoisotopic (exact) mass is 415 g/mol. The third kappa shape index (κ3) is 3.52. The Kier molecular flexibility index (Phi) is 5.09. The van der Waals surface area contributed by atoms with Gasteiger partial charge in [0.15, 0.2) is 0 Å². The molecule has 5 rings (SSSR count). The second-order valence-electron chi connectivity index (χ2n) is 7.86. The SMILES string of the molecule is O=C(c1cccnc1)N1CCC/C(=C2\c3ccc(Cl)cc3CCc3cccnc32)C1. The number of aromatic nitrogens is 2. The first-order chi connectivity index (χ1) is 14.7. The second-order valence-corrected chi connectivity index (χ2v) is 8.30. The molecule has 0 atom stereocenters. The Hall–Kier alpha value is -2.98. The molecule has 1 fully saturated rings. The summed E-state index contributed by atoms with van der Waals surface area (Å²) < 4.78 is 0. The largest absolute Gasteiger partial charge is 0.335 e. The molecule has 4 nitrogen and oxygen atoms in total. The third-order valence-corrected chi connectivity index (χ3v) is 6.20. The molecule has 2 aliphatic rings. The van der Waals surface area contributed by atoms with Crippen molar-refractivity contribution in [1.29, 1.82) is 0 Å². The van der Waals surface area contributed by atoms with Crippen molar-refractivity contribution in [2.24, 2.45) is 0 Å². The first kappa shape index (κ1) is 19.0. The number of piperidine rings is 1. The fraction of sp³-hybridized carbons (Fsp3) is 0.240. The lowest BCUT2D eigenvalue weighted by Gasteiger charge is -2.31. The summed E-state index contributed by atoms with van der Waals surface area (Å²) in [6, 6.07) is 14.0. The van der Waals surface area contributed by atoms with Gasteiger partial charge < -0.3 is 4.90 Å². The number of hydrogen-bond acceptors (Lipinski definition) is 3. The van der Waals surface area contributed by atoms with Gasteiger partial charge in [0.2, 0.25) is 0 Å². The Bertz CT molecular complexity index is 1140. The summed E-state index contributed by atoms with van der Waals surface area (Å²) in [4.78, 5) is 23.9. The number of halogens is 1. The number of likely N-dealkylation sites (tertiary alicyclic amines) is 1. The fourth-order valence-electron chi connectivity index (χ4n) is 4.55. The molecule has 0 N–H and O–H groups in total. The molecule has 1 aliphatic carbocycles. The van der Waals surface area contributed by atoms with Crippen LogP contribution in [0.15, 0.2) is 66.6 Å². The highest BCUT2D eigenvalue weighted by molar-refractivity contribution is 6.30. The highest BCUT2D eigenvalue weighted by atomic mass is 35.5. The molecular formula is C25H22ClN3O. The lowest BCUT2D eigenvalue weighted by Crippen LogP contribution is -2.37. The molecule has 3 heterocycles. The molecule has 2 aromatic heterocycles. The van der Waals surface area contributed by atoms with E-state index in [-0.39, 0.29) is 5.91 Å². The van der Waals surface area contributed by atoms with Gasteiger partial charge in [-0.25, -0.2) is 0 Å². The summed E-state index contributed by atoms with van der Waals surface area (Å²) in [5.74, 6) is 0.0343. The Morgan fingerprint density at radius 2 is 1.87 bits per heavy atom. The summed E-state index contributed by atoms with van der Waals surface area (Å²) in [5.41, 5.74) is 7.83. The van der Waals surface area contributed by atoms with Gasteiger partial charge in [-0.1, -0.05) is 23.7 Å². The van der Waals surface area contributed by atoms with E-state index in [2.05, 4.69) is 23.2 Å². The van der Waals surface area contributed by atoms with E-state index in [1.165, 1.54) is 27.8 Å². The summed E-state index contributed by atoms with van der Waals surface area (Å²) in [6.07, 6.45) is 8.97. The fourth-order valence-corrected chi connectivity index (χ4v) is 4.75. The van der Waals surface area contributed by atoms with Gasteiger partial charge in [0.05, 0.1) is 11.3 Å². The van der Waals surface area contributed by atoms with E-state index in [4.69, 9.17) is 16.6 Å². The van der Waals surface area contributed by atoms with Gasteiger partial charge in [-0.2, -0.15) is 0 Å². The summed E-state index contributed by atoms with van der Waals surface area (Å²) in [5, 5.41) is 0.758. The molecule has 0 saturated carbocycles. The number of pyridine rings is 2. The van der Waals surface area contributed by atoms with Gasteiger partial charge in [-0.05, 0) is 78.3 Å². The van der Waals surface area contributed by atoms with Crippen molar-refractivity contribution in [1.82, 2.24) is 14.9 Å². The average Bonchev–Trinajstić information content (AvgIpc) is 2.96. The van der Waals surface area contributed by atoms with Crippen molar-refractivity contribution in [2.45, 2.75) is 25.7 Å². The van der Waals surface area contributed by atoms with E-state index >= 15 is 0 Å². The minimum absolute atomic E-state index is 0.0343. The number of nitrogens with zero attached hydrogens (tertiary/aromatic N) is 3. The van der Waals surface area contributed by atoms with Crippen LogP contribution in [-0.4, -0.2) is 33.9 Å². The molecule has 0 spiro atoms. The van der Waals surface area contributed by atoms with E-state index < -0.39 is 0 Å². The van der Waals surface area contributed by atoms with Gasteiger partial charge in [0, 0.05) is 42.3 Å². The third-order valence-electron chi connectivity index (χ3n) is 5.97. The van der Waals surface area contributed by atoms with E-state index in [0.717, 1.165) is 42.9 Å². The smallest absolute Gasteiger partial charge is 0.255 e. The zero-order valence-electron chi connectivity index (χ0n) is 16.6. The molecule has 0 unspecified atom stereocenters. The molecular weight excluding hydrogens is 394 g/mol. The van der Waals surface area contributed by atoms with E-state index in [9.17, 15) is 4.79 Å². The average molecular weight is 416 g/mol. The van der Waals surface area contributed by atoms with Gasteiger partial charge in [0.1, 0.15) is 0 Å². The zero-order valence-corrected chi connectivity index (χ0v) is 17.4. The second kappa shape index (κ2) is 8.04. The van der Waals surface area contributed by atoms with Crippen LogP contribution >= 0.6 is 11.6 Å². The minimum atomic E-state index is 0.0343. The standard InChI is InChI=1S/C25H22ClN3O/c26-21-9-10-22-18(14-21)8-7-17-4-2-12-28-24(17)23(22)20-6-3-13-29(16-20)25(30)19-5-1-11-27-15-19/h1-2,4-5,9-12,14-15H,3,6-8,13,16H2/b23-20-. The topological polar surface area (TPSA) is 46.1 Å². The first-order valence-electron chi connectivity index (χ1n) is 10.3. The molecule has 1 amide bonds. The zero-order chi connectivity index (χ0) is 20.5. The molecule has 1 aromatic carbocycles. The van der Waals surface area contributed by atoms with Crippen LogP contribution in [-0.2, 0) is 12.8 Å². The van der Waals surface area contributed by atoms with Crippen molar-refractivity contribution < 1.29 is 4.79 Å². The molecule has 0 radical (unpaired) electrons. The van der Waals surface area contributed by atoms with E-state index in [1.54, 1.807) is 12.4 Å². The lowest BCUT2D eigenvalue weighted by atomic mass is 9.89. The maximum Gasteiger partial charge on any atom is 0.255 e. The molecule has 0 bridgehead atoms. The van der Waals surface area contributed by atoms with Crippen molar-refractivity contribution >= 4 is 23.1 Å². The summed E-state index contributed by atoms with van der Waals surface area (Å²) >= 11 is 6.32. The number of benzene rings is 1. The summed E-state index contributed by atoms with van der Waals surface area (Å²) in [7, 11) is 0. The van der Waals surface area contributed by atoms with Crippen LogP contribution in [0.5, 0.6) is 0 Å². The van der Waals surface area contributed by atoms with Crippen LogP contribution in [0.3, 0.4) is 0 Å². The highest BCUT2D eigenvalue weighted by Gasteiger charge is 2.27. The molecule has 1 saturated heterocycles. The van der Waals surface area contributed by atoms with Crippen molar-refractivity contribution in [3.63, 3.8) is 0 Å². The predicted octanol–water partition coefficient (Wildman–Crippen LogP) is 4.97. The Morgan fingerprint density at radius 3 is 2.73 bits per heavy atom. The Labute approximate surface area is 181 Å². The van der Waals surface area contributed by atoms with Gasteiger partial charge in [0.25, 0.3) is 5.91 Å². The molecule has 1 aliphatic heterocycles. The normalized spacial score (nSPS) is 18.4. The van der Waals surface area contributed by atoms with Crippen LogP contribution in [0.1, 0.15) is 45.6 Å². The van der Waals surface area contributed by atoms with Gasteiger partial charge >= 0.3 is 0 Å². The maximum absolute atomic E-state index is 13.1. The number of fused-ring (bicyclic) bond motifs is 2. The molecule has 150 valence electrons. The number of rotatable bonds is 1. The van der Waals surface area contributed by atoms with Crippen molar-refractivity contribution in [3.8, 4) is 0 Å². The Balaban J connectivity index is 1.62. The van der Waals surface area contributed by atoms with Crippen LogP contribution in [0.25, 0.3) is 5.57 Å².